The van der Waals surface area contributed by atoms with Crippen molar-refractivity contribution in [3.63, 3.8) is 0 Å². The predicted octanol–water partition coefficient (Wildman–Crippen LogP) is 2.17. The number of hydrogen-bond acceptors (Lipinski definition) is 2. The first-order valence-corrected chi connectivity index (χ1v) is 5.21. The number of hydrogen-bond donors (Lipinski definition) is 2. The van der Waals surface area contributed by atoms with Crippen LogP contribution in [0.3, 0.4) is 0 Å². The summed E-state index contributed by atoms with van der Waals surface area (Å²) in [6.07, 6.45) is 0. The molecule has 0 amide bonds. The van der Waals surface area contributed by atoms with Crippen LogP contribution in [0.15, 0.2) is 18.2 Å². The van der Waals surface area contributed by atoms with Crippen LogP contribution in [0.4, 0.5) is 8.78 Å². The maximum atomic E-state index is 13.2. The second kappa shape index (κ2) is 5.23. The molecule has 94 valence electrons. The van der Waals surface area contributed by atoms with Crippen LogP contribution in [0.2, 0.25) is 0 Å². The molecule has 1 rings (SSSR count). The predicted molar refractivity (Wildman–Crippen MR) is 59.5 cm³/mol. The summed E-state index contributed by atoms with van der Waals surface area (Å²) < 4.78 is 26.1. The molecule has 5 heteroatoms. The normalized spacial score (nSPS) is 11.5. The summed E-state index contributed by atoms with van der Waals surface area (Å²) in [7, 11) is 0. The number of carboxylic acid groups (broad SMARTS) is 1. The van der Waals surface area contributed by atoms with Crippen LogP contribution in [0.1, 0.15) is 19.4 Å². The van der Waals surface area contributed by atoms with Crippen molar-refractivity contribution in [3.8, 4) is 0 Å². The van der Waals surface area contributed by atoms with Crippen molar-refractivity contribution in [2.24, 2.45) is 5.41 Å². The fourth-order valence-corrected chi connectivity index (χ4v) is 1.26. The first kappa shape index (κ1) is 13.6. The van der Waals surface area contributed by atoms with Gasteiger partial charge in [0.05, 0.1) is 5.41 Å². The van der Waals surface area contributed by atoms with Crippen molar-refractivity contribution in [3.05, 3.63) is 35.4 Å². The lowest BCUT2D eigenvalue weighted by atomic mass is 9.94. The van der Waals surface area contributed by atoms with E-state index in [0.29, 0.717) is 0 Å². The Morgan fingerprint density at radius 1 is 1.41 bits per heavy atom. The van der Waals surface area contributed by atoms with E-state index in [1.54, 1.807) is 13.8 Å². The van der Waals surface area contributed by atoms with Gasteiger partial charge in [-0.1, -0.05) is 0 Å². The molecule has 3 nitrogen and oxygen atoms in total. The van der Waals surface area contributed by atoms with Gasteiger partial charge in [-0.3, -0.25) is 4.79 Å². The van der Waals surface area contributed by atoms with Gasteiger partial charge in [0, 0.05) is 18.7 Å². The lowest BCUT2D eigenvalue weighted by Crippen LogP contribution is -2.35. The van der Waals surface area contributed by atoms with Gasteiger partial charge in [0.25, 0.3) is 0 Å². The van der Waals surface area contributed by atoms with E-state index in [-0.39, 0.29) is 18.7 Å². The van der Waals surface area contributed by atoms with Gasteiger partial charge in [0.15, 0.2) is 0 Å². The number of rotatable bonds is 5. The third kappa shape index (κ3) is 3.78. The Labute approximate surface area is 98.5 Å². The first-order valence-electron chi connectivity index (χ1n) is 5.21. The average Bonchev–Trinajstić information content (AvgIpc) is 2.22. The largest absolute Gasteiger partial charge is 0.481 e. The fourth-order valence-electron chi connectivity index (χ4n) is 1.26. The van der Waals surface area contributed by atoms with Crippen molar-refractivity contribution in [1.82, 2.24) is 5.32 Å². The molecule has 2 N–H and O–H groups in total. The number of nitrogens with one attached hydrogen (secondary N) is 1. The smallest absolute Gasteiger partial charge is 0.310 e. The van der Waals surface area contributed by atoms with Crippen molar-refractivity contribution in [2.45, 2.75) is 20.4 Å². The van der Waals surface area contributed by atoms with E-state index in [9.17, 15) is 13.6 Å². The van der Waals surface area contributed by atoms with Crippen LogP contribution in [-0.2, 0) is 11.3 Å². The third-order valence-electron chi connectivity index (χ3n) is 2.47. The Kier molecular flexibility index (Phi) is 4.17. The van der Waals surface area contributed by atoms with Crippen LogP contribution in [0.5, 0.6) is 0 Å². The molecule has 0 bridgehead atoms. The molecule has 0 aromatic heterocycles. The second-order valence-electron chi connectivity index (χ2n) is 4.53. The highest BCUT2D eigenvalue weighted by molar-refractivity contribution is 5.73. The van der Waals surface area contributed by atoms with Gasteiger partial charge in [-0.25, -0.2) is 8.78 Å². The maximum absolute atomic E-state index is 13.2. The number of carboxylic acids is 1. The quantitative estimate of drug-likeness (QED) is 0.833. The lowest BCUT2D eigenvalue weighted by molar-refractivity contribution is -0.146. The van der Waals surface area contributed by atoms with Gasteiger partial charge >= 0.3 is 5.97 Å². The fraction of sp³-hybridized carbons (Fsp3) is 0.417. The molecule has 0 aliphatic heterocycles. The van der Waals surface area contributed by atoms with Gasteiger partial charge in [-0.2, -0.15) is 0 Å². The molecule has 0 aliphatic carbocycles. The van der Waals surface area contributed by atoms with Gasteiger partial charge < -0.3 is 10.4 Å². The van der Waals surface area contributed by atoms with E-state index in [4.69, 9.17) is 5.11 Å². The van der Waals surface area contributed by atoms with Crippen LogP contribution in [-0.4, -0.2) is 17.6 Å². The number of halogens is 2. The molecule has 0 atom stereocenters. The van der Waals surface area contributed by atoms with E-state index in [0.717, 1.165) is 18.2 Å². The molecule has 0 spiro atoms. The Balaban J connectivity index is 2.57. The summed E-state index contributed by atoms with van der Waals surface area (Å²) in [6, 6.07) is 3.19. The van der Waals surface area contributed by atoms with Crippen molar-refractivity contribution >= 4 is 5.97 Å². The number of carbonyl (C=O) groups is 1. The average molecular weight is 243 g/mol. The Morgan fingerprint density at radius 2 is 2.06 bits per heavy atom. The standard InChI is InChI=1S/C12H15F2NO2/c1-12(2,11(16)17)7-15-6-8-5-9(13)3-4-10(8)14/h3-5,15H,6-7H2,1-2H3,(H,16,17). The van der Waals surface area contributed by atoms with E-state index >= 15 is 0 Å². The molecule has 0 fully saturated rings. The zero-order chi connectivity index (χ0) is 13.1. The van der Waals surface area contributed by atoms with Gasteiger partial charge in [-0.05, 0) is 32.0 Å². The summed E-state index contributed by atoms with van der Waals surface area (Å²) in [5, 5.41) is 11.7. The van der Waals surface area contributed by atoms with Gasteiger partial charge in [-0.15, -0.1) is 0 Å². The lowest BCUT2D eigenvalue weighted by Gasteiger charge is -2.19. The minimum atomic E-state index is -0.941. The zero-order valence-corrected chi connectivity index (χ0v) is 9.76. The van der Waals surface area contributed by atoms with Crippen molar-refractivity contribution < 1.29 is 18.7 Å². The molecule has 0 saturated carbocycles. The molecule has 0 aliphatic rings. The van der Waals surface area contributed by atoms with Crippen LogP contribution < -0.4 is 5.32 Å². The number of aliphatic carboxylic acids is 1. The summed E-state index contributed by atoms with van der Waals surface area (Å²) in [5.74, 6) is -1.96. The Hall–Kier alpha value is -1.49. The molecule has 17 heavy (non-hydrogen) atoms. The van der Waals surface area contributed by atoms with Crippen LogP contribution in [0, 0.1) is 17.0 Å². The molecule has 0 unspecified atom stereocenters. The zero-order valence-electron chi connectivity index (χ0n) is 9.76. The first-order chi connectivity index (χ1) is 7.83. The molecule has 1 aromatic carbocycles. The minimum Gasteiger partial charge on any atom is -0.481 e. The number of benzene rings is 1. The van der Waals surface area contributed by atoms with E-state index in [1.807, 2.05) is 0 Å². The Bertz CT molecular complexity index is 419. The summed E-state index contributed by atoms with van der Waals surface area (Å²) >= 11 is 0. The third-order valence-corrected chi connectivity index (χ3v) is 2.47. The maximum Gasteiger partial charge on any atom is 0.310 e. The molecule has 0 radical (unpaired) electrons. The molecular weight excluding hydrogens is 228 g/mol. The summed E-state index contributed by atoms with van der Waals surface area (Å²) in [5.41, 5.74) is -0.754. The van der Waals surface area contributed by atoms with E-state index in [1.165, 1.54) is 0 Å². The van der Waals surface area contributed by atoms with Gasteiger partial charge in [0.2, 0.25) is 0 Å². The molecule has 0 saturated heterocycles. The van der Waals surface area contributed by atoms with Crippen molar-refractivity contribution in [2.75, 3.05) is 6.54 Å². The highest BCUT2D eigenvalue weighted by atomic mass is 19.1. The second-order valence-corrected chi connectivity index (χ2v) is 4.53. The molecule has 1 aromatic rings. The van der Waals surface area contributed by atoms with Crippen LogP contribution in [0.25, 0.3) is 0 Å². The van der Waals surface area contributed by atoms with Gasteiger partial charge in [0.1, 0.15) is 11.6 Å². The minimum absolute atomic E-state index is 0.0975. The van der Waals surface area contributed by atoms with E-state index < -0.39 is 23.0 Å². The van der Waals surface area contributed by atoms with Crippen molar-refractivity contribution in [1.29, 1.82) is 0 Å². The van der Waals surface area contributed by atoms with E-state index in [2.05, 4.69) is 5.32 Å². The molecule has 0 heterocycles. The highest BCUT2D eigenvalue weighted by Crippen LogP contribution is 2.14. The topological polar surface area (TPSA) is 49.3 Å². The summed E-state index contributed by atoms with van der Waals surface area (Å²) in [6.45, 7) is 3.40. The Morgan fingerprint density at radius 3 is 2.65 bits per heavy atom. The SMILES string of the molecule is CC(C)(CNCc1cc(F)ccc1F)C(=O)O. The summed E-state index contributed by atoms with van der Waals surface area (Å²) in [4.78, 5) is 10.8. The highest BCUT2D eigenvalue weighted by Gasteiger charge is 2.26. The van der Waals surface area contributed by atoms with Crippen LogP contribution >= 0.6 is 0 Å². The molecular formula is C12H15F2NO2. The monoisotopic (exact) mass is 243 g/mol.